The minimum atomic E-state index is -3.83. The van der Waals surface area contributed by atoms with Crippen LogP contribution in [0.15, 0.2) is 65.6 Å². The average molecular weight is 520 g/mol. The number of nitrogens with zero attached hydrogens (tertiary/aromatic N) is 3. The summed E-state index contributed by atoms with van der Waals surface area (Å²) in [5.74, 6) is -2.07. The fourth-order valence-corrected chi connectivity index (χ4v) is 6.30. The van der Waals surface area contributed by atoms with Gasteiger partial charge in [0.1, 0.15) is 6.04 Å². The molecule has 5 rings (SSSR count). The normalized spacial score (nSPS) is 16.8. The maximum Gasteiger partial charge on any atom is 0.329 e. The third-order valence-corrected chi connectivity index (χ3v) is 8.58. The first-order chi connectivity index (χ1) is 17.7. The van der Waals surface area contributed by atoms with Crippen LogP contribution < -0.4 is 0 Å². The van der Waals surface area contributed by atoms with Gasteiger partial charge in [-0.3, -0.25) is 19.5 Å². The summed E-state index contributed by atoms with van der Waals surface area (Å²) in [6.07, 6.45) is 4.41. The van der Waals surface area contributed by atoms with E-state index < -0.39 is 33.8 Å². The number of rotatable bonds is 6. The number of sulfonamides is 1. The van der Waals surface area contributed by atoms with Crippen LogP contribution in [0.3, 0.4) is 0 Å². The summed E-state index contributed by atoms with van der Waals surface area (Å²) in [4.78, 5) is 45.5. The van der Waals surface area contributed by atoms with E-state index in [-0.39, 0.29) is 34.4 Å². The van der Waals surface area contributed by atoms with E-state index in [0.29, 0.717) is 24.2 Å². The molecule has 0 N–H and O–H groups in total. The van der Waals surface area contributed by atoms with Gasteiger partial charge in [0.05, 0.1) is 34.3 Å². The Morgan fingerprint density at radius 2 is 1.78 bits per heavy atom. The van der Waals surface area contributed by atoms with Gasteiger partial charge in [-0.15, -0.1) is 0 Å². The van der Waals surface area contributed by atoms with Crippen LogP contribution in [0.5, 0.6) is 0 Å². The Balaban J connectivity index is 1.62. The van der Waals surface area contributed by atoms with Crippen LogP contribution >= 0.6 is 0 Å². The summed E-state index contributed by atoms with van der Waals surface area (Å²) in [6.45, 7) is 2.23. The maximum absolute atomic E-state index is 13.8. The molecule has 1 unspecified atom stereocenters. The highest BCUT2D eigenvalue weighted by Gasteiger charge is 2.45. The van der Waals surface area contributed by atoms with Gasteiger partial charge in [-0.05, 0) is 37.1 Å². The molecular weight excluding hydrogens is 494 g/mol. The molecule has 9 nitrogen and oxygen atoms in total. The predicted octanol–water partition coefficient (Wildman–Crippen LogP) is 2.87. The van der Waals surface area contributed by atoms with Gasteiger partial charge in [0.15, 0.2) is 0 Å². The van der Waals surface area contributed by atoms with Crippen LogP contribution in [0.4, 0.5) is 0 Å². The smallest absolute Gasteiger partial charge is 0.329 e. The lowest BCUT2D eigenvalue weighted by atomic mass is 10.0. The lowest BCUT2D eigenvalue weighted by Gasteiger charge is -2.24. The minimum absolute atomic E-state index is 0.00987. The molecule has 1 atom stereocenters. The van der Waals surface area contributed by atoms with Crippen molar-refractivity contribution in [3.63, 3.8) is 0 Å². The lowest BCUT2D eigenvalue weighted by Crippen LogP contribution is -2.46. The van der Waals surface area contributed by atoms with E-state index in [4.69, 9.17) is 4.74 Å². The third kappa shape index (κ3) is 4.21. The molecule has 0 saturated heterocycles. The van der Waals surface area contributed by atoms with Crippen molar-refractivity contribution in [2.24, 2.45) is 0 Å². The van der Waals surface area contributed by atoms with Gasteiger partial charge in [0.25, 0.3) is 11.8 Å². The minimum Gasteiger partial charge on any atom is -0.467 e. The Labute approximate surface area is 214 Å². The van der Waals surface area contributed by atoms with Gasteiger partial charge in [-0.1, -0.05) is 42.5 Å². The summed E-state index contributed by atoms with van der Waals surface area (Å²) in [7, 11) is -2.63. The summed E-state index contributed by atoms with van der Waals surface area (Å²) in [6, 6.07) is 12.2. The highest BCUT2D eigenvalue weighted by Crippen LogP contribution is 2.35. The molecule has 0 fully saturated rings. The molecule has 0 bridgehead atoms. The lowest BCUT2D eigenvalue weighted by molar-refractivity contribution is -0.145. The molecule has 2 aromatic carbocycles. The van der Waals surface area contributed by atoms with Gasteiger partial charge < -0.3 is 4.74 Å². The number of methoxy groups -OCH3 is 1. The number of hydrogen-bond donors (Lipinski definition) is 0. The van der Waals surface area contributed by atoms with Crippen LogP contribution in [0.2, 0.25) is 0 Å². The van der Waals surface area contributed by atoms with Gasteiger partial charge in [-0.2, -0.15) is 4.31 Å². The standard InChI is InChI=1S/C27H25N3O6S/c1-17-23-24(20-16-19(11-12-21(20)28-17)37(34,35)29-13-7-4-8-14-29)26(32)30(25(23)31)22(27(33)36-2)15-18-9-5-3-6-10-18/h3-7,9-12,16,22H,8,13-15H2,1-2H3. The predicted molar refractivity (Wildman–Crippen MR) is 135 cm³/mol. The van der Waals surface area contributed by atoms with E-state index >= 15 is 0 Å². The van der Waals surface area contributed by atoms with E-state index in [9.17, 15) is 22.8 Å². The van der Waals surface area contributed by atoms with E-state index in [1.165, 1.54) is 29.6 Å². The molecule has 3 aromatic rings. The third-order valence-electron chi connectivity index (χ3n) is 6.72. The fourth-order valence-electron chi connectivity index (χ4n) is 4.87. The van der Waals surface area contributed by atoms with Gasteiger partial charge in [0.2, 0.25) is 10.0 Å². The number of amides is 2. The topological polar surface area (TPSA) is 114 Å². The van der Waals surface area contributed by atoms with E-state index in [0.717, 1.165) is 10.5 Å². The number of aromatic nitrogens is 1. The Kier molecular flexibility index (Phi) is 6.38. The fraction of sp³-hybridized carbons (Fsp3) is 0.259. The highest BCUT2D eigenvalue weighted by molar-refractivity contribution is 7.89. The average Bonchev–Trinajstić information content (AvgIpc) is 3.18. The summed E-state index contributed by atoms with van der Waals surface area (Å²) < 4.78 is 32.9. The molecule has 0 aliphatic carbocycles. The number of aryl methyl sites for hydroxylation is 1. The second-order valence-electron chi connectivity index (χ2n) is 8.96. The second kappa shape index (κ2) is 9.53. The number of fused-ring (bicyclic) bond motifs is 3. The molecule has 0 radical (unpaired) electrons. The Morgan fingerprint density at radius 1 is 1.05 bits per heavy atom. The summed E-state index contributed by atoms with van der Waals surface area (Å²) in [5.41, 5.74) is 1.57. The number of carbonyl (C=O) groups excluding carboxylic acids is 3. The van der Waals surface area contributed by atoms with E-state index in [1.807, 2.05) is 12.1 Å². The zero-order valence-electron chi connectivity index (χ0n) is 20.4. The van der Waals surface area contributed by atoms with Crippen LogP contribution in [-0.2, 0) is 26.0 Å². The van der Waals surface area contributed by atoms with Crippen molar-refractivity contribution < 1.29 is 27.5 Å². The van der Waals surface area contributed by atoms with Crippen molar-refractivity contribution in [1.82, 2.24) is 14.2 Å². The Hall–Kier alpha value is -3.89. The van der Waals surface area contributed by atoms with Crippen LogP contribution in [0.1, 0.15) is 38.4 Å². The number of carbonyl (C=O) groups is 3. The van der Waals surface area contributed by atoms with E-state index in [1.54, 1.807) is 37.3 Å². The van der Waals surface area contributed by atoms with E-state index in [2.05, 4.69) is 4.98 Å². The number of esters is 1. The molecule has 0 spiro atoms. The summed E-state index contributed by atoms with van der Waals surface area (Å²) >= 11 is 0. The van der Waals surface area contributed by atoms with Gasteiger partial charge >= 0.3 is 5.97 Å². The molecule has 2 amide bonds. The monoisotopic (exact) mass is 519 g/mol. The molecule has 3 heterocycles. The molecule has 0 saturated carbocycles. The molecule has 1 aromatic heterocycles. The number of pyridine rings is 1. The van der Waals surface area contributed by atoms with Crippen LogP contribution in [0, 0.1) is 6.92 Å². The molecular formula is C27H25N3O6S. The number of benzene rings is 2. The zero-order valence-corrected chi connectivity index (χ0v) is 21.2. The zero-order chi connectivity index (χ0) is 26.3. The first kappa shape index (κ1) is 24.8. The molecule has 190 valence electrons. The van der Waals surface area contributed by atoms with Gasteiger partial charge in [-0.25, -0.2) is 13.2 Å². The Bertz CT molecular complexity index is 1570. The van der Waals surface area contributed by atoms with Crippen molar-refractivity contribution in [1.29, 1.82) is 0 Å². The Morgan fingerprint density at radius 3 is 2.46 bits per heavy atom. The quantitative estimate of drug-likeness (QED) is 0.279. The first-order valence-corrected chi connectivity index (χ1v) is 13.3. The van der Waals surface area contributed by atoms with Crippen molar-refractivity contribution in [2.75, 3.05) is 20.2 Å². The number of hydrogen-bond acceptors (Lipinski definition) is 7. The SMILES string of the molecule is COC(=O)C(Cc1ccccc1)N1C(=O)c2c(C)nc3ccc(S(=O)(=O)N4CC=CCC4)cc3c2C1=O. The van der Waals surface area contributed by atoms with Gasteiger partial charge in [0, 0.05) is 24.9 Å². The van der Waals surface area contributed by atoms with Crippen molar-refractivity contribution in [2.45, 2.75) is 30.7 Å². The molecule has 2 aliphatic heterocycles. The van der Waals surface area contributed by atoms with Crippen LogP contribution in [-0.4, -0.2) is 66.6 Å². The number of imide groups is 1. The van der Waals surface area contributed by atoms with Crippen molar-refractivity contribution in [3.05, 3.63) is 83.1 Å². The first-order valence-electron chi connectivity index (χ1n) is 11.8. The molecule has 10 heteroatoms. The van der Waals surface area contributed by atoms with Crippen molar-refractivity contribution in [3.8, 4) is 0 Å². The largest absolute Gasteiger partial charge is 0.467 e. The van der Waals surface area contributed by atoms with Crippen molar-refractivity contribution >= 4 is 38.7 Å². The van der Waals surface area contributed by atoms with Crippen LogP contribution in [0.25, 0.3) is 10.9 Å². The maximum atomic E-state index is 13.8. The molecule has 37 heavy (non-hydrogen) atoms. The summed E-state index contributed by atoms with van der Waals surface area (Å²) in [5, 5.41) is 0.249. The number of ether oxygens (including phenoxy) is 1. The molecule has 2 aliphatic rings. The highest BCUT2D eigenvalue weighted by atomic mass is 32.2. The second-order valence-corrected chi connectivity index (χ2v) is 10.9.